The van der Waals surface area contributed by atoms with Crippen LogP contribution in [0, 0.1) is 0 Å². The van der Waals surface area contributed by atoms with E-state index in [1.54, 1.807) is 0 Å². The summed E-state index contributed by atoms with van der Waals surface area (Å²) in [6.45, 7) is -0.715. The van der Waals surface area contributed by atoms with Gasteiger partial charge in [-0.2, -0.15) is 13.2 Å². The van der Waals surface area contributed by atoms with Crippen molar-refractivity contribution < 1.29 is 40.6 Å². The molecule has 0 unspecified atom stereocenters. The molecule has 2 N–H and O–H groups in total. The molecule has 5 nitrogen and oxygen atoms in total. The highest BCUT2D eigenvalue weighted by Crippen LogP contribution is 2.42. The van der Waals surface area contributed by atoms with Crippen LogP contribution in [0.1, 0.15) is 16.8 Å². The lowest BCUT2D eigenvalue weighted by molar-refractivity contribution is -0.276. The number of aromatic nitrogens is 1. The van der Waals surface area contributed by atoms with Gasteiger partial charge in [0.1, 0.15) is 5.56 Å². The van der Waals surface area contributed by atoms with Crippen molar-refractivity contribution in [3.05, 3.63) is 23.0 Å². The highest BCUT2D eigenvalue weighted by atomic mass is 19.4. The number of hydrogen-bond donors (Lipinski definition) is 1. The Morgan fingerprint density at radius 3 is 2.27 bits per heavy atom. The third-order valence-electron chi connectivity index (χ3n) is 2.44. The van der Waals surface area contributed by atoms with Crippen LogP contribution in [0.5, 0.6) is 5.75 Å². The number of carbonyl (C=O) groups excluding carboxylic acids is 1. The van der Waals surface area contributed by atoms with Gasteiger partial charge < -0.3 is 15.2 Å². The molecule has 0 aromatic carbocycles. The minimum atomic E-state index is -5.38. The zero-order valence-electron chi connectivity index (χ0n) is 11.0. The molecular formula is C11H10F6N2O3. The first-order chi connectivity index (χ1) is 9.99. The summed E-state index contributed by atoms with van der Waals surface area (Å²) in [4.78, 5) is 14.5. The van der Waals surface area contributed by atoms with Crippen LogP contribution in [0.2, 0.25) is 0 Å². The monoisotopic (exact) mass is 332 g/mol. The van der Waals surface area contributed by atoms with Gasteiger partial charge in [-0.05, 0) is 5.56 Å². The summed E-state index contributed by atoms with van der Waals surface area (Å²) in [6.07, 6.45) is -10.9. The van der Waals surface area contributed by atoms with E-state index < -0.39 is 54.0 Å². The topological polar surface area (TPSA) is 74.4 Å². The van der Waals surface area contributed by atoms with Crippen molar-refractivity contribution in [2.24, 2.45) is 5.73 Å². The molecule has 0 aliphatic heterocycles. The molecule has 0 fully saturated rings. The van der Waals surface area contributed by atoms with E-state index in [1.807, 2.05) is 0 Å². The molecule has 0 atom stereocenters. The van der Waals surface area contributed by atoms with Crippen molar-refractivity contribution in [1.29, 1.82) is 0 Å². The van der Waals surface area contributed by atoms with Gasteiger partial charge in [0.05, 0.1) is 19.2 Å². The predicted octanol–water partition coefficient (Wildman–Crippen LogP) is 2.17. The molecule has 1 aromatic rings. The number of nitrogens with zero attached hydrogens (tertiary/aromatic N) is 1. The summed E-state index contributed by atoms with van der Waals surface area (Å²) in [5.41, 5.74) is 1.78. The van der Waals surface area contributed by atoms with Gasteiger partial charge in [-0.1, -0.05) is 0 Å². The summed E-state index contributed by atoms with van der Waals surface area (Å²) in [6, 6.07) is 0. The average Bonchev–Trinajstić information content (AvgIpc) is 2.35. The number of nitrogens with two attached hydrogens (primary N) is 1. The number of halogens is 6. The van der Waals surface area contributed by atoms with Crippen LogP contribution in [0.25, 0.3) is 0 Å². The highest BCUT2D eigenvalue weighted by Gasteiger charge is 2.43. The number of methoxy groups -OCH3 is 1. The smallest absolute Gasteiger partial charge is 0.469 e. The third-order valence-corrected chi connectivity index (χ3v) is 2.44. The van der Waals surface area contributed by atoms with E-state index in [0.29, 0.717) is 6.20 Å². The van der Waals surface area contributed by atoms with Gasteiger partial charge in [0.2, 0.25) is 0 Å². The zero-order chi connectivity index (χ0) is 17.1. The number of pyridine rings is 1. The van der Waals surface area contributed by atoms with Crippen molar-refractivity contribution in [3.63, 3.8) is 0 Å². The van der Waals surface area contributed by atoms with E-state index in [2.05, 4.69) is 14.5 Å². The second-order valence-corrected chi connectivity index (χ2v) is 3.94. The van der Waals surface area contributed by atoms with Crippen molar-refractivity contribution in [1.82, 2.24) is 4.98 Å². The van der Waals surface area contributed by atoms with Crippen LogP contribution < -0.4 is 10.5 Å². The standard InChI is InChI=1S/C11H10F6N2O3/c1-21-7(20)2-5-4-19-6(3-18)9(22-11(15,16)17)8(5)10(12,13)14/h4H,2-3,18H2,1H3. The molecule has 0 bridgehead atoms. The van der Waals surface area contributed by atoms with Gasteiger partial charge >= 0.3 is 18.5 Å². The van der Waals surface area contributed by atoms with Gasteiger partial charge in [-0.3, -0.25) is 9.78 Å². The number of alkyl halides is 6. The maximum Gasteiger partial charge on any atom is 0.573 e. The van der Waals surface area contributed by atoms with Crippen molar-refractivity contribution in [2.45, 2.75) is 25.5 Å². The van der Waals surface area contributed by atoms with Crippen LogP contribution in [0.4, 0.5) is 26.3 Å². The lowest BCUT2D eigenvalue weighted by Gasteiger charge is -2.20. The van der Waals surface area contributed by atoms with Gasteiger partial charge in [0, 0.05) is 12.7 Å². The molecule has 22 heavy (non-hydrogen) atoms. The van der Waals surface area contributed by atoms with Crippen molar-refractivity contribution in [3.8, 4) is 5.75 Å². The maximum absolute atomic E-state index is 13.1. The average molecular weight is 332 g/mol. The molecule has 0 radical (unpaired) electrons. The minimum Gasteiger partial charge on any atom is -0.469 e. The van der Waals surface area contributed by atoms with Crippen LogP contribution in [-0.2, 0) is 28.7 Å². The van der Waals surface area contributed by atoms with Crippen molar-refractivity contribution in [2.75, 3.05) is 7.11 Å². The molecule has 1 heterocycles. The Balaban J connectivity index is 3.54. The fourth-order valence-electron chi connectivity index (χ4n) is 1.61. The van der Waals surface area contributed by atoms with Gasteiger partial charge in [-0.25, -0.2) is 0 Å². The summed E-state index contributed by atoms with van der Waals surface area (Å²) < 4.78 is 83.9. The second-order valence-electron chi connectivity index (χ2n) is 3.94. The molecule has 0 aliphatic rings. The Bertz CT molecular complexity index is 556. The SMILES string of the molecule is COC(=O)Cc1cnc(CN)c(OC(F)(F)F)c1C(F)(F)F. The van der Waals surface area contributed by atoms with E-state index in [-0.39, 0.29) is 0 Å². The fraction of sp³-hybridized carbons (Fsp3) is 0.455. The minimum absolute atomic E-state index is 0.616. The lowest BCUT2D eigenvalue weighted by atomic mass is 10.0. The molecule has 0 spiro atoms. The maximum atomic E-state index is 13.1. The van der Waals surface area contributed by atoms with Crippen LogP contribution in [0.3, 0.4) is 0 Å². The van der Waals surface area contributed by atoms with Crippen molar-refractivity contribution >= 4 is 5.97 Å². The van der Waals surface area contributed by atoms with Crippen LogP contribution in [0.15, 0.2) is 6.20 Å². The Hall–Kier alpha value is -2.04. The zero-order valence-corrected chi connectivity index (χ0v) is 11.0. The largest absolute Gasteiger partial charge is 0.573 e. The van der Waals surface area contributed by atoms with Gasteiger partial charge in [0.25, 0.3) is 0 Å². The summed E-state index contributed by atoms with van der Waals surface area (Å²) in [5, 5.41) is 0. The number of ether oxygens (including phenoxy) is 2. The lowest BCUT2D eigenvalue weighted by Crippen LogP contribution is -2.24. The first kappa shape index (κ1) is 18.0. The molecule has 1 aromatic heterocycles. The Kier molecular flexibility index (Phi) is 5.22. The number of esters is 1. The van der Waals surface area contributed by atoms with E-state index in [0.717, 1.165) is 7.11 Å². The quantitative estimate of drug-likeness (QED) is 0.676. The highest BCUT2D eigenvalue weighted by molar-refractivity contribution is 5.73. The Morgan fingerprint density at radius 1 is 1.27 bits per heavy atom. The van der Waals surface area contributed by atoms with Crippen LogP contribution >= 0.6 is 0 Å². The molecule has 0 amide bonds. The predicted molar refractivity (Wildman–Crippen MR) is 59.5 cm³/mol. The van der Waals surface area contributed by atoms with E-state index in [4.69, 9.17) is 5.73 Å². The summed E-state index contributed by atoms with van der Waals surface area (Å²) in [7, 11) is 0.921. The van der Waals surface area contributed by atoms with Crippen LogP contribution in [-0.4, -0.2) is 24.4 Å². The summed E-state index contributed by atoms with van der Waals surface area (Å²) >= 11 is 0. The number of hydrogen-bond acceptors (Lipinski definition) is 5. The van der Waals surface area contributed by atoms with Gasteiger partial charge in [0.15, 0.2) is 5.75 Å². The van der Waals surface area contributed by atoms with Gasteiger partial charge in [-0.15, -0.1) is 13.2 Å². The summed E-state index contributed by atoms with van der Waals surface area (Å²) in [5.74, 6) is -2.64. The molecule has 124 valence electrons. The van der Waals surface area contributed by atoms with E-state index in [9.17, 15) is 31.1 Å². The second kappa shape index (κ2) is 6.38. The Morgan fingerprint density at radius 2 is 1.86 bits per heavy atom. The normalized spacial score (nSPS) is 12.2. The molecule has 0 saturated heterocycles. The number of rotatable bonds is 4. The number of carbonyl (C=O) groups is 1. The first-order valence-corrected chi connectivity index (χ1v) is 5.60. The first-order valence-electron chi connectivity index (χ1n) is 5.60. The Labute approximate surface area is 120 Å². The van der Waals surface area contributed by atoms with E-state index >= 15 is 0 Å². The molecule has 11 heteroatoms. The fourth-order valence-corrected chi connectivity index (χ4v) is 1.61. The third kappa shape index (κ3) is 4.48. The molecular weight excluding hydrogens is 322 g/mol. The molecule has 1 rings (SSSR count). The van der Waals surface area contributed by atoms with E-state index in [1.165, 1.54) is 0 Å². The molecule has 0 saturated carbocycles. The molecule has 0 aliphatic carbocycles.